The van der Waals surface area contributed by atoms with E-state index in [1.165, 1.54) is 225 Å². The first kappa shape index (κ1) is 62.4. The molecule has 0 aliphatic rings. The Kier molecular flexibility index (Phi) is 51.1. The summed E-state index contributed by atoms with van der Waals surface area (Å²) in [5, 5.41) is 0. The molecule has 0 aliphatic carbocycles. The van der Waals surface area contributed by atoms with Gasteiger partial charge in [-0.25, -0.2) is 0 Å². The van der Waals surface area contributed by atoms with Crippen molar-refractivity contribution >= 4 is 17.9 Å². The summed E-state index contributed by atoms with van der Waals surface area (Å²) in [4.78, 5) is 37.9. The molecule has 64 heavy (non-hydrogen) atoms. The highest BCUT2D eigenvalue weighted by Gasteiger charge is 2.19. The Bertz CT molecular complexity index is 966. The molecule has 0 spiro atoms. The van der Waals surface area contributed by atoms with Crippen LogP contribution in [0.15, 0.2) is 0 Å². The minimum Gasteiger partial charge on any atom is -0.462 e. The molecule has 0 N–H and O–H groups in total. The van der Waals surface area contributed by atoms with Gasteiger partial charge in [0.1, 0.15) is 13.2 Å². The lowest BCUT2D eigenvalue weighted by Crippen LogP contribution is -2.30. The van der Waals surface area contributed by atoms with Gasteiger partial charge in [0.05, 0.1) is 0 Å². The first-order valence-corrected chi connectivity index (χ1v) is 28.9. The number of ether oxygens (including phenoxy) is 3. The molecule has 1 unspecified atom stereocenters. The topological polar surface area (TPSA) is 78.9 Å². The van der Waals surface area contributed by atoms with Gasteiger partial charge in [-0.05, 0) is 25.2 Å². The van der Waals surface area contributed by atoms with Crippen LogP contribution in [0, 0.1) is 5.92 Å². The number of hydrogen-bond acceptors (Lipinski definition) is 6. The minimum absolute atomic E-state index is 0.0628. The SMILES string of the molecule is CCCCCCCCCCCCCCCCCCCC(=O)OC[C@H](COC(=O)CCCCCCCCCCCCCCCCCCCCC(C)CC)OC(=O)CCCCCCCCC. The highest BCUT2D eigenvalue weighted by atomic mass is 16.6. The number of esters is 3. The molecule has 0 aliphatic heterocycles. The molecular formula is C58H112O6. The first-order chi connectivity index (χ1) is 31.4. The van der Waals surface area contributed by atoms with Crippen LogP contribution in [0.1, 0.15) is 329 Å². The summed E-state index contributed by atoms with van der Waals surface area (Å²) in [5.41, 5.74) is 0. The number of rotatable bonds is 53. The molecule has 380 valence electrons. The summed E-state index contributed by atoms with van der Waals surface area (Å²) >= 11 is 0. The van der Waals surface area contributed by atoms with Crippen molar-refractivity contribution in [3.8, 4) is 0 Å². The summed E-state index contributed by atoms with van der Waals surface area (Å²) in [6, 6.07) is 0. The number of carbonyl (C=O) groups excluding carboxylic acids is 3. The Hall–Kier alpha value is -1.59. The standard InChI is InChI=1S/C58H112O6/c1-5-8-10-12-14-15-16-17-18-21-25-28-31-34-38-41-45-49-56(59)62-52-55(64-58(61)51-47-43-36-13-11-9-6-2)53-63-57(60)50-46-42-39-35-32-29-26-23-20-19-22-24-27-30-33-37-40-44-48-54(4)7-3/h54-55H,5-53H2,1-4H3/t54?,55-/m1/s1. The average Bonchev–Trinajstić information content (AvgIpc) is 3.29. The summed E-state index contributed by atoms with van der Waals surface area (Å²) in [5.74, 6) is 0.0654. The van der Waals surface area contributed by atoms with Gasteiger partial charge in [0.25, 0.3) is 0 Å². The smallest absolute Gasteiger partial charge is 0.306 e. The van der Waals surface area contributed by atoms with E-state index in [1.807, 2.05) is 0 Å². The Labute approximate surface area is 399 Å². The van der Waals surface area contributed by atoms with Crippen molar-refractivity contribution in [3.63, 3.8) is 0 Å². The molecule has 6 nitrogen and oxygen atoms in total. The second-order valence-electron chi connectivity index (χ2n) is 20.2. The average molecular weight is 906 g/mol. The van der Waals surface area contributed by atoms with Crippen molar-refractivity contribution in [3.05, 3.63) is 0 Å². The molecule has 0 heterocycles. The highest BCUT2D eigenvalue weighted by Crippen LogP contribution is 2.18. The molecule has 0 radical (unpaired) electrons. The lowest BCUT2D eigenvalue weighted by Gasteiger charge is -2.18. The third-order valence-corrected chi connectivity index (χ3v) is 13.7. The van der Waals surface area contributed by atoms with E-state index in [0.29, 0.717) is 19.3 Å². The number of hydrogen-bond donors (Lipinski definition) is 0. The second kappa shape index (κ2) is 52.4. The zero-order valence-electron chi connectivity index (χ0n) is 43.8. The molecule has 6 heteroatoms. The lowest BCUT2D eigenvalue weighted by molar-refractivity contribution is -0.167. The molecule has 2 atom stereocenters. The fourth-order valence-corrected chi connectivity index (χ4v) is 8.89. The quantitative estimate of drug-likeness (QED) is 0.0344. The van der Waals surface area contributed by atoms with E-state index in [2.05, 4.69) is 27.7 Å². The van der Waals surface area contributed by atoms with Gasteiger partial charge in [-0.1, -0.05) is 291 Å². The van der Waals surface area contributed by atoms with Crippen molar-refractivity contribution < 1.29 is 28.6 Å². The van der Waals surface area contributed by atoms with E-state index >= 15 is 0 Å². The van der Waals surface area contributed by atoms with Gasteiger partial charge in [-0.3, -0.25) is 14.4 Å². The van der Waals surface area contributed by atoms with Crippen LogP contribution >= 0.6 is 0 Å². The molecule has 0 amide bonds. The van der Waals surface area contributed by atoms with Crippen LogP contribution in [0.25, 0.3) is 0 Å². The van der Waals surface area contributed by atoms with Gasteiger partial charge in [0.15, 0.2) is 6.10 Å². The molecule has 0 saturated carbocycles. The van der Waals surface area contributed by atoms with Crippen LogP contribution in [-0.2, 0) is 28.6 Å². The van der Waals surface area contributed by atoms with Crippen molar-refractivity contribution in [1.82, 2.24) is 0 Å². The summed E-state index contributed by atoms with van der Waals surface area (Å²) in [6.45, 7) is 9.06. The van der Waals surface area contributed by atoms with Crippen LogP contribution in [0.3, 0.4) is 0 Å². The lowest BCUT2D eigenvalue weighted by atomic mass is 9.99. The van der Waals surface area contributed by atoms with E-state index in [4.69, 9.17) is 14.2 Å². The highest BCUT2D eigenvalue weighted by molar-refractivity contribution is 5.71. The van der Waals surface area contributed by atoms with E-state index in [-0.39, 0.29) is 31.1 Å². The largest absolute Gasteiger partial charge is 0.462 e. The van der Waals surface area contributed by atoms with Gasteiger partial charge < -0.3 is 14.2 Å². The van der Waals surface area contributed by atoms with Crippen LogP contribution in [-0.4, -0.2) is 37.2 Å². The predicted molar refractivity (Wildman–Crippen MR) is 275 cm³/mol. The molecule has 0 aromatic heterocycles. The zero-order valence-corrected chi connectivity index (χ0v) is 43.8. The van der Waals surface area contributed by atoms with Crippen molar-refractivity contribution in [2.75, 3.05) is 13.2 Å². The predicted octanol–water partition coefficient (Wildman–Crippen LogP) is 19.0. The maximum Gasteiger partial charge on any atom is 0.306 e. The Morgan fingerprint density at radius 3 is 0.812 bits per heavy atom. The molecular weight excluding hydrogens is 793 g/mol. The van der Waals surface area contributed by atoms with Gasteiger partial charge in [0, 0.05) is 19.3 Å². The molecule has 0 rings (SSSR count). The second-order valence-corrected chi connectivity index (χ2v) is 20.2. The van der Waals surface area contributed by atoms with Crippen LogP contribution in [0.2, 0.25) is 0 Å². The summed E-state index contributed by atoms with van der Waals surface area (Å²) < 4.78 is 16.8. The third-order valence-electron chi connectivity index (χ3n) is 13.7. The maximum absolute atomic E-state index is 12.7. The third kappa shape index (κ3) is 49.8. The van der Waals surface area contributed by atoms with E-state index in [0.717, 1.165) is 63.7 Å². The van der Waals surface area contributed by atoms with Gasteiger partial charge in [0.2, 0.25) is 0 Å². The van der Waals surface area contributed by atoms with Crippen LogP contribution < -0.4 is 0 Å². The Morgan fingerprint density at radius 1 is 0.312 bits per heavy atom. The van der Waals surface area contributed by atoms with Crippen LogP contribution in [0.4, 0.5) is 0 Å². The number of carbonyl (C=O) groups is 3. The van der Waals surface area contributed by atoms with Crippen LogP contribution in [0.5, 0.6) is 0 Å². The van der Waals surface area contributed by atoms with Gasteiger partial charge in [-0.15, -0.1) is 0 Å². The zero-order chi connectivity index (χ0) is 46.7. The normalized spacial score (nSPS) is 12.4. The van der Waals surface area contributed by atoms with Crippen molar-refractivity contribution in [1.29, 1.82) is 0 Å². The summed E-state index contributed by atoms with van der Waals surface area (Å²) in [7, 11) is 0. The molecule has 0 bridgehead atoms. The molecule has 0 aromatic carbocycles. The first-order valence-electron chi connectivity index (χ1n) is 28.9. The van der Waals surface area contributed by atoms with Gasteiger partial charge >= 0.3 is 17.9 Å². The molecule has 0 aromatic rings. The van der Waals surface area contributed by atoms with Crippen molar-refractivity contribution in [2.24, 2.45) is 5.92 Å². The molecule has 0 fully saturated rings. The van der Waals surface area contributed by atoms with Crippen molar-refractivity contribution in [2.45, 2.75) is 336 Å². The molecule has 0 saturated heterocycles. The fourth-order valence-electron chi connectivity index (χ4n) is 8.89. The van der Waals surface area contributed by atoms with E-state index in [9.17, 15) is 14.4 Å². The Morgan fingerprint density at radius 2 is 0.547 bits per heavy atom. The fraction of sp³-hybridized carbons (Fsp3) is 0.948. The maximum atomic E-state index is 12.7. The Balaban J connectivity index is 4.07. The summed E-state index contributed by atoms with van der Waals surface area (Å²) in [6.07, 6.45) is 56.8. The van der Waals surface area contributed by atoms with Gasteiger partial charge in [-0.2, -0.15) is 0 Å². The minimum atomic E-state index is -0.760. The monoisotopic (exact) mass is 905 g/mol. The number of unbranched alkanes of at least 4 members (excludes halogenated alkanes) is 39. The van der Waals surface area contributed by atoms with E-state index < -0.39 is 6.10 Å². The van der Waals surface area contributed by atoms with E-state index in [1.54, 1.807) is 0 Å².